The van der Waals surface area contributed by atoms with Crippen molar-refractivity contribution in [3.63, 3.8) is 0 Å². The molecule has 0 unspecified atom stereocenters. The van der Waals surface area contributed by atoms with Crippen LogP contribution in [0.25, 0.3) is 0 Å². The van der Waals surface area contributed by atoms with E-state index in [1.807, 2.05) is 19.2 Å². The number of nitrogens with zero attached hydrogens (tertiary/aromatic N) is 1. The SMILES string of the molecule is COc1c(O)ccc2c1CC(=O)c1cc3c(cc1CCN(C)C2)OCO3. The number of benzene rings is 2. The number of ether oxygens (including phenoxy) is 3. The molecule has 0 spiro atoms. The molecule has 0 amide bonds. The minimum atomic E-state index is -0.0204. The van der Waals surface area contributed by atoms with Gasteiger partial charge in [0.2, 0.25) is 6.79 Å². The third-order valence-corrected chi connectivity index (χ3v) is 4.98. The Balaban J connectivity index is 1.83. The number of likely N-dealkylation sites (N-methyl/N-ethyl adjacent to an activating group) is 1. The fourth-order valence-electron chi connectivity index (χ4n) is 3.61. The van der Waals surface area contributed by atoms with Gasteiger partial charge in [-0.15, -0.1) is 0 Å². The summed E-state index contributed by atoms with van der Waals surface area (Å²) in [6.45, 7) is 1.65. The van der Waals surface area contributed by atoms with Crippen molar-refractivity contribution < 1.29 is 24.1 Å². The molecule has 0 aromatic heterocycles. The van der Waals surface area contributed by atoms with Crippen LogP contribution in [0, 0.1) is 0 Å². The maximum absolute atomic E-state index is 13.1. The normalized spacial score (nSPS) is 16.8. The topological polar surface area (TPSA) is 68.2 Å². The Bertz CT molecular complexity index is 877. The summed E-state index contributed by atoms with van der Waals surface area (Å²) in [4.78, 5) is 15.3. The van der Waals surface area contributed by atoms with Crippen molar-refractivity contribution in [1.29, 1.82) is 0 Å². The molecule has 26 heavy (non-hydrogen) atoms. The summed E-state index contributed by atoms with van der Waals surface area (Å²) < 4.78 is 16.3. The van der Waals surface area contributed by atoms with Crippen LogP contribution in [0.1, 0.15) is 27.0 Å². The smallest absolute Gasteiger partial charge is 0.231 e. The summed E-state index contributed by atoms with van der Waals surface area (Å²) in [6, 6.07) is 7.16. The minimum absolute atomic E-state index is 0.0204. The fraction of sp³-hybridized carbons (Fsp3) is 0.350. The standard InChI is InChI=1S/C20H21NO5/c1-21-6-5-12-7-18-19(26-11-25-18)9-14(12)17(23)8-15-13(10-21)3-4-16(22)20(15)24-2/h3-4,7,9,22H,5-6,8,10-11H2,1-2H3. The average Bonchev–Trinajstić information content (AvgIpc) is 3.08. The van der Waals surface area contributed by atoms with E-state index in [0.29, 0.717) is 29.4 Å². The van der Waals surface area contributed by atoms with E-state index in [1.54, 1.807) is 12.1 Å². The van der Waals surface area contributed by atoms with Crippen LogP contribution in [0.5, 0.6) is 23.0 Å². The highest BCUT2D eigenvalue weighted by Crippen LogP contribution is 2.38. The number of carbonyl (C=O) groups is 1. The number of phenolic OH excluding ortho intramolecular Hbond substituents is 1. The quantitative estimate of drug-likeness (QED) is 0.848. The minimum Gasteiger partial charge on any atom is -0.504 e. The molecule has 2 heterocycles. The highest BCUT2D eigenvalue weighted by molar-refractivity contribution is 6.00. The van der Waals surface area contributed by atoms with E-state index < -0.39 is 0 Å². The van der Waals surface area contributed by atoms with Gasteiger partial charge in [0.15, 0.2) is 28.8 Å². The lowest BCUT2D eigenvalue weighted by molar-refractivity contribution is 0.0989. The molecule has 136 valence electrons. The molecule has 2 aromatic rings. The Labute approximate surface area is 151 Å². The van der Waals surface area contributed by atoms with Gasteiger partial charge in [-0.25, -0.2) is 0 Å². The molecular weight excluding hydrogens is 334 g/mol. The van der Waals surface area contributed by atoms with E-state index in [9.17, 15) is 9.90 Å². The largest absolute Gasteiger partial charge is 0.504 e. The number of fused-ring (bicyclic) bond motifs is 3. The Morgan fingerprint density at radius 1 is 1.15 bits per heavy atom. The third kappa shape index (κ3) is 2.86. The zero-order valence-electron chi connectivity index (χ0n) is 14.9. The highest BCUT2D eigenvalue weighted by Gasteiger charge is 2.25. The van der Waals surface area contributed by atoms with E-state index in [1.165, 1.54) is 7.11 Å². The number of carbonyl (C=O) groups excluding carboxylic acids is 1. The van der Waals surface area contributed by atoms with Crippen molar-refractivity contribution in [3.05, 3.63) is 46.5 Å². The first-order valence-corrected chi connectivity index (χ1v) is 8.58. The molecule has 2 aromatic carbocycles. The van der Waals surface area contributed by atoms with Crippen molar-refractivity contribution in [2.24, 2.45) is 0 Å². The van der Waals surface area contributed by atoms with Gasteiger partial charge in [-0.2, -0.15) is 0 Å². The maximum Gasteiger partial charge on any atom is 0.231 e. The monoisotopic (exact) mass is 355 g/mol. The van der Waals surface area contributed by atoms with E-state index >= 15 is 0 Å². The molecule has 0 atom stereocenters. The lowest BCUT2D eigenvalue weighted by Crippen LogP contribution is -2.24. The third-order valence-electron chi connectivity index (χ3n) is 4.98. The Morgan fingerprint density at radius 2 is 1.92 bits per heavy atom. The molecule has 6 nitrogen and oxygen atoms in total. The molecule has 0 saturated heterocycles. The van der Waals surface area contributed by atoms with Gasteiger partial charge in [0.05, 0.1) is 7.11 Å². The fourth-order valence-corrected chi connectivity index (χ4v) is 3.61. The molecule has 0 saturated carbocycles. The molecule has 0 aliphatic carbocycles. The first kappa shape index (κ1) is 16.7. The lowest BCUT2D eigenvalue weighted by atomic mass is 9.92. The van der Waals surface area contributed by atoms with Crippen molar-refractivity contribution >= 4 is 5.78 Å². The van der Waals surface area contributed by atoms with Crippen molar-refractivity contribution in [2.75, 3.05) is 27.5 Å². The second-order valence-corrected chi connectivity index (χ2v) is 6.71. The first-order valence-electron chi connectivity index (χ1n) is 8.58. The number of Topliss-reactive ketones (excluding diaryl/α,β-unsaturated/α-hetero) is 1. The summed E-state index contributed by atoms with van der Waals surface area (Å²) >= 11 is 0. The number of methoxy groups -OCH3 is 1. The lowest BCUT2D eigenvalue weighted by Gasteiger charge is -2.23. The summed E-state index contributed by atoms with van der Waals surface area (Å²) in [7, 11) is 3.55. The van der Waals surface area contributed by atoms with E-state index in [-0.39, 0.29) is 24.7 Å². The van der Waals surface area contributed by atoms with Crippen molar-refractivity contribution in [1.82, 2.24) is 4.90 Å². The first-order chi connectivity index (χ1) is 12.6. The number of phenols is 1. The molecule has 0 bridgehead atoms. The molecule has 2 aliphatic heterocycles. The van der Waals surface area contributed by atoms with Crippen LogP contribution in [0.2, 0.25) is 0 Å². The molecular formula is C20H21NO5. The molecule has 4 rings (SSSR count). The number of hydrogen-bond donors (Lipinski definition) is 1. The zero-order valence-corrected chi connectivity index (χ0v) is 14.9. The van der Waals surface area contributed by atoms with Crippen LogP contribution < -0.4 is 14.2 Å². The van der Waals surface area contributed by atoms with Crippen LogP contribution in [0.4, 0.5) is 0 Å². The molecule has 6 heteroatoms. The Hall–Kier alpha value is -2.73. The highest BCUT2D eigenvalue weighted by atomic mass is 16.7. The van der Waals surface area contributed by atoms with Gasteiger partial charge in [-0.1, -0.05) is 6.07 Å². The van der Waals surface area contributed by atoms with Gasteiger partial charge in [0.25, 0.3) is 0 Å². The van der Waals surface area contributed by atoms with E-state index in [2.05, 4.69) is 4.90 Å². The van der Waals surface area contributed by atoms with Gasteiger partial charge in [-0.3, -0.25) is 4.79 Å². The van der Waals surface area contributed by atoms with Gasteiger partial charge >= 0.3 is 0 Å². The van der Waals surface area contributed by atoms with Crippen LogP contribution in [0.15, 0.2) is 24.3 Å². The molecule has 0 fully saturated rings. The maximum atomic E-state index is 13.1. The summed E-state index contributed by atoms with van der Waals surface area (Å²) in [5.41, 5.74) is 3.31. The predicted molar refractivity (Wildman–Crippen MR) is 95.3 cm³/mol. The molecule has 0 radical (unpaired) electrons. The number of rotatable bonds is 1. The second-order valence-electron chi connectivity index (χ2n) is 6.71. The number of ketones is 1. The van der Waals surface area contributed by atoms with Gasteiger partial charge < -0.3 is 24.2 Å². The van der Waals surface area contributed by atoms with Gasteiger partial charge in [0.1, 0.15) is 0 Å². The van der Waals surface area contributed by atoms with Crippen LogP contribution in [0.3, 0.4) is 0 Å². The number of aromatic hydroxyl groups is 1. The van der Waals surface area contributed by atoms with Crippen molar-refractivity contribution in [2.45, 2.75) is 19.4 Å². The van der Waals surface area contributed by atoms with Gasteiger partial charge in [-0.05, 0) is 42.8 Å². The molecule has 1 N–H and O–H groups in total. The Kier molecular flexibility index (Phi) is 4.20. The zero-order chi connectivity index (χ0) is 18.3. The van der Waals surface area contributed by atoms with Crippen LogP contribution >= 0.6 is 0 Å². The molecule has 2 aliphatic rings. The summed E-state index contributed by atoms with van der Waals surface area (Å²) in [6.07, 6.45) is 0.909. The van der Waals surface area contributed by atoms with E-state index in [4.69, 9.17) is 14.2 Å². The van der Waals surface area contributed by atoms with Crippen molar-refractivity contribution in [3.8, 4) is 23.0 Å². The average molecular weight is 355 g/mol. The number of hydrogen-bond acceptors (Lipinski definition) is 6. The van der Waals surface area contributed by atoms with E-state index in [0.717, 1.165) is 29.7 Å². The summed E-state index contributed by atoms with van der Waals surface area (Å²) in [5.74, 6) is 1.68. The Morgan fingerprint density at radius 3 is 2.69 bits per heavy atom. The van der Waals surface area contributed by atoms with Crippen LogP contribution in [-0.4, -0.2) is 43.3 Å². The summed E-state index contributed by atoms with van der Waals surface area (Å²) in [5, 5.41) is 10.1. The second kappa shape index (κ2) is 6.53. The predicted octanol–water partition coefficient (Wildman–Crippen LogP) is 2.54. The van der Waals surface area contributed by atoms with Gasteiger partial charge in [0, 0.05) is 30.6 Å². The van der Waals surface area contributed by atoms with Crippen LogP contribution in [-0.2, 0) is 19.4 Å².